The van der Waals surface area contributed by atoms with E-state index in [9.17, 15) is 19.0 Å². The predicted octanol–water partition coefficient (Wildman–Crippen LogP) is 2.53. The van der Waals surface area contributed by atoms with E-state index in [1.165, 1.54) is 18.2 Å². The molecule has 0 spiro atoms. The maximum Gasteiger partial charge on any atom is 0.170 e. The molecule has 0 fully saturated rings. The summed E-state index contributed by atoms with van der Waals surface area (Å²) in [6, 6.07) is 4.74. The van der Waals surface area contributed by atoms with E-state index >= 15 is 0 Å². The lowest BCUT2D eigenvalue weighted by atomic mass is 10.1. The monoisotopic (exact) mass is 196 g/mol. The summed E-state index contributed by atoms with van der Waals surface area (Å²) in [5.41, 5.74) is 0. The summed E-state index contributed by atoms with van der Waals surface area (Å²) in [6.45, 7) is 0. The van der Waals surface area contributed by atoms with Crippen molar-refractivity contribution in [2.24, 2.45) is 0 Å². The van der Waals surface area contributed by atoms with E-state index in [4.69, 9.17) is 0 Å². The van der Waals surface area contributed by atoms with Crippen molar-refractivity contribution in [1.82, 2.24) is 0 Å². The number of phenolic OH excluding ortho intramolecular Hbond substituents is 2. The lowest BCUT2D eigenvalue weighted by Gasteiger charge is -2.04. The van der Waals surface area contributed by atoms with E-state index in [0.29, 0.717) is 6.07 Å². The van der Waals surface area contributed by atoms with E-state index in [-0.39, 0.29) is 10.8 Å². The van der Waals surface area contributed by atoms with Crippen molar-refractivity contribution in [3.63, 3.8) is 0 Å². The number of hydrogen-bond acceptors (Lipinski definition) is 2. The summed E-state index contributed by atoms with van der Waals surface area (Å²) in [5, 5.41) is 18.4. The van der Waals surface area contributed by atoms with E-state index in [2.05, 4.69) is 0 Å². The van der Waals surface area contributed by atoms with E-state index in [1.807, 2.05) is 0 Å². The van der Waals surface area contributed by atoms with Crippen molar-refractivity contribution in [3.05, 3.63) is 35.9 Å². The molecule has 0 aromatic heterocycles. The van der Waals surface area contributed by atoms with Crippen LogP contribution in [0.1, 0.15) is 0 Å². The zero-order chi connectivity index (χ0) is 10.3. The number of rotatable bonds is 0. The van der Waals surface area contributed by atoms with Crippen LogP contribution in [0.15, 0.2) is 24.3 Å². The Morgan fingerprint density at radius 3 is 2.43 bits per heavy atom. The van der Waals surface area contributed by atoms with Gasteiger partial charge in [0.1, 0.15) is 11.5 Å². The zero-order valence-electron chi connectivity index (χ0n) is 6.96. The Labute approximate surface area is 78.0 Å². The average molecular weight is 196 g/mol. The summed E-state index contributed by atoms with van der Waals surface area (Å²) in [4.78, 5) is 0. The molecule has 2 N–H and O–H groups in total. The normalized spacial score (nSPS) is 10.7. The fourth-order valence-electron chi connectivity index (χ4n) is 1.36. The van der Waals surface area contributed by atoms with Gasteiger partial charge in [0.2, 0.25) is 0 Å². The molecule has 0 aliphatic carbocycles. The molecular weight excluding hydrogens is 190 g/mol. The molecular formula is C10H6F2O2. The minimum Gasteiger partial charge on any atom is -0.507 e. The molecule has 72 valence electrons. The molecule has 0 unspecified atom stereocenters. The average Bonchev–Trinajstić information content (AvgIpc) is 2.14. The van der Waals surface area contributed by atoms with Gasteiger partial charge in [0.25, 0.3) is 0 Å². The Balaban J connectivity index is 3.03. The molecule has 2 nitrogen and oxygen atoms in total. The van der Waals surface area contributed by atoms with Crippen LogP contribution in [0.3, 0.4) is 0 Å². The first-order chi connectivity index (χ1) is 6.61. The third kappa shape index (κ3) is 1.08. The van der Waals surface area contributed by atoms with Gasteiger partial charge in [0.15, 0.2) is 11.6 Å². The molecule has 4 heteroatoms. The zero-order valence-corrected chi connectivity index (χ0v) is 6.96. The van der Waals surface area contributed by atoms with Crippen molar-refractivity contribution < 1.29 is 19.0 Å². The van der Waals surface area contributed by atoms with E-state index in [1.54, 1.807) is 0 Å². The molecule has 0 saturated carbocycles. The predicted molar refractivity (Wildman–Crippen MR) is 47.2 cm³/mol. The molecule has 0 aliphatic rings. The topological polar surface area (TPSA) is 40.5 Å². The Kier molecular flexibility index (Phi) is 1.77. The fourth-order valence-corrected chi connectivity index (χ4v) is 1.36. The molecule has 0 aliphatic heterocycles. The summed E-state index contributed by atoms with van der Waals surface area (Å²) in [6.07, 6.45) is 0. The quantitative estimate of drug-likeness (QED) is 0.679. The van der Waals surface area contributed by atoms with Crippen LogP contribution in [-0.4, -0.2) is 10.2 Å². The van der Waals surface area contributed by atoms with E-state index in [0.717, 1.165) is 0 Å². The van der Waals surface area contributed by atoms with Crippen molar-refractivity contribution in [1.29, 1.82) is 0 Å². The highest BCUT2D eigenvalue weighted by Gasteiger charge is 2.14. The summed E-state index contributed by atoms with van der Waals surface area (Å²) in [7, 11) is 0. The van der Waals surface area contributed by atoms with Gasteiger partial charge in [0.05, 0.1) is 5.39 Å². The Morgan fingerprint density at radius 1 is 1.00 bits per heavy atom. The van der Waals surface area contributed by atoms with Crippen LogP contribution < -0.4 is 0 Å². The van der Waals surface area contributed by atoms with E-state index < -0.39 is 23.1 Å². The SMILES string of the molecule is Oc1cc(F)c(F)c2c(O)cccc12. The second-order valence-electron chi connectivity index (χ2n) is 2.89. The first-order valence-corrected chi connectivity index (χ1v) is 3.90. The second-order valence-corrected chi connectivity index (χ2v) is 2.89. The fraction of sp³-hybridized carbons (Fsp3) is 0. The molecule has 2 rings (SSSR count). The largest absolute Gasteiger partial charge is 0.507 e. The smallest absolute Gasteiger partial charge is 0.170 e. The number of fused-ring (bicyclic) bond motifs is 1. The number of halogens is 2. The van der Waals surface area contributed by atoms with Gasteiger partial charge < -0.3 is 10.2 Å². The van der Waals surface area contributed by atoms with Crippen LogP contribution in [0.2, 0.25) is 0 Å². The van der Waals surface area contributed by atoms with Gasteiger partial charge in [-0.15, -0.1) is 0 Å². The lowest BCUT2D eigenvalue weighted by Crippen LogP contribution is -1.87. The number of phenols is 2. The first-order valence-electron chi connectivity index (χ1n) is 3.90. The summed E-state index contributed by atoms with van der Waals surface area (Å²) in [5.74, 6) is -3.13. The third-order valence-electron chi connectivity index (χ3n) is 2.01. The molecule has 0 saturated heterocycles. The van der Waals surface area contributed by atoms with Crippen molar-refractivity contribution in [3.8, 4) is 11.5 Å². The number of hydrogen-bond donors (Lipinski definition) is 2. The molecule has 14 heavy (non-hydrogen) atoms. The van der Waals surface area contributed by atoms with Gasteiger partial charge >= 0.3 is 0 Å². The van der Waals surface area contributed by atoms with Crippen molar-refractivity contribution in [2.45, 2.75) is 0 Å². The molecule has 2 aromatic carbocycles. The Bertz CT molecular complexity index is 509. The molecule has 0 bridgehead atoms. The highest BCUT2D eigenvalue weighted by atomic mass is 19.2. The standard InChI is InChI=1S/C10H6F2O2/c11-6-4-8(14)5-2-1-3-7(13)9(5)10(6)12/h1-4,13-14H. The summed E-state index contributed by atoms with van der Waals surface area (Å²) < 4.78 is 26.0. The molecule has 0 amide bonds. The molecule has 0 heterocycles. The van der Waals surface area contributed by atoms with Gasteiger partial charge in [-0.05, 0) is 6.07 Å². The lowest BCUT2D eigenvalue weighted by molar-refractivity contribution is 0.455. The van der Waals surface area contributed by atoms with Gasteiger partial charge in [-0.1, -0.05) is 12.1 Å². The van der Waals surface area contributed by atoms with Gasteiger partial charge in [-0.3, -0.25) is 0 Å². The first kappa shape index (κ1) is 8.74. The second kappa shape index (κ2) is 2.83. The van der Waals surface area contributed by atoms with Gasteiger partial charge in [-0.25, -0.2) is 8.78 Å². The Morgan fingerprint density at radius 2 is 1.71 bits per heavy atom. The van der Waals surface area contributed by atoms with Crippen molar-refractivity contribution in [2.75, 3.05) is 0 Å². The maximum absolute atomic E-state index is 13.2. The van der Waals surface area contributed by atoms with Crippen LogP contribution in [-0.2, 0) is 0 Å². The van der Waals surface area contributed by atoms with Crippen LogP contribution >= 0.6 is 0 Å². The van der Waals surface area contributed by atoms with Crippen LogP contribution in [0.25, 0.3) is 10.8 Å². The third-order valence-corrected chi connectivity index (χ3v) is 2.01. The number of benzene rings is 2. The molecule has 2 aromatic rings. The molecule has 0 atom stereocenters. The van der Waals surface area contributed by atoms with Gasteiger partial charge in [0, 0.05) is 11.5 Å². The highest BCUT2D eigenvalue weighted by Crippen LogP contribution is 2.34. The minimum absolute atomic E-state index is 0.0869. The van der Waals surface area contributed by atoms with Crippen molar-refractivity contribution >= 4 is 10.8 Å². The van der Waals surface area contributed by atoms with Gasteiger partial charge in [-0.2, -0.15) is 0 Å². The summed E-state index contributed by atoms with van der Waals surface area (Å²) >= 11 is 0. The van der Waals surface area contributed by atoms with Crippen LogP contribution in [0, 0.1) is 11.6 Å². The minimum atomic E-state index is -1.18. The Hall–Kier alpha value is -1.84. The number of aromatic hydroxyl groups is 2. The highest BCUT2D eigenvalue weighted by molar-refractivity contribution is 5.93. The van der Waals surface area contributed by atoms with Crippen LogP contribution in [0.4, 0.5) is 8.78 Å². The maximum atomic E-state index is 13.2. The molecule has 0 radical (unpaired) electrons. The van der Waals surface area contributed by atoms with Crippen LogP contribution in [0.5, 0.6) is 11.5 Å².